The minimum atomic E-state index is 0. The molecule has 1 saturated carbocycles. The molecular formula is C22H26O2Y2-2. The number of methoxy groups -OCH3 is 2. The number of benzene rings is 1. The molecular weight excluding hydrogens is 474 g/mol. The van der Waals surface area contributed by atoms with Gasteiger partial charge in [0.1, 0.15) is 0 Å². The van der Waals surface area contributed by atoms with Gasteiger partial charge in [0, 0.05) is 65.4 Å². The first-order valence-electron chi connectivity index (χ1n) is 9.32. The van der Waals surface area contributed by atoms with Crippen molar-refractivity contribution in [3.8, 4) is 5.75 Å². The van der Waals surface area contributed by atoms with Crippen molar-refractivity contribution in [2.75, 3.05) is 14.2 Å². The third kappa shape index (κ3) is 4.24. The Kier molecular flexibility index (Phi) is 9.06. The predicted molar refractivity (Wildman–Crippen MR) is 95.7 cm³/mol. The Hall–Kier alpha value is 0.508. The molecule has 0 spiro atoms. The van der Waals surface area contributed by atoms with Crippen molar-refractivity contribution in [1.82, 2.24) is 0 Å². The Morgan fingerprint density at radius 3 is 2.50 bits per heavy atom. The monoisotopic (exact) mass is 500 g/mol. The van der Waals surface area contributed by atoms with Crippen molar-refractivity contribution in [1.29, 1.82) is 0 Å². The molecule has 1 aromatic rings. The number of fused-ring (bicyclic) bond motifs is 2. The minimum Gasteiger partial charge on any atom is -0.535 e. The standard InChI is InChI=1S/C22H26O2.2Y/c1-23-19-13-11-15-7-3-5-9-17(15)21(19)22-18-10-6-4-8-16(18)12-14-20(22)24-2;;/h11-12,15,17H,3-10H2,1-2H3;;/q-2;;. The summed E-state index contributed by atoms with van der Waals surface area (Å²) in [4.78, 5) is 0. The van der Waals surface area contributed by atoms with Gasteiger partial charge in [-0.3, -0.25) is 0 Å². The van der Waals surface area contributed by atoms with Crippen LogP contribution in [-0.4, -0.2) is 14.2 Å². The summed E-state index contributed by atoms with van der Waals surface area (Å²) in [5, 5.41) is 0. The van der Waals surface area contributed by atoms with Crippen LogP contribution in [0.2, 0.25) is 0 Å². The maximum atomic E-state index is 5.77. The van der Waals surface area contributed by atoms with Crippen molar-refractivity contribution >= 4 is 5.57 Å². The summed E-state index contributed by atoms with van der Waals surface area (Å²) in [5.41, 5.74) is 5.51. The fourth-order valence-corrected chi connectivity index (χ4v) is 4.80. The molecule has 26 heavy (non-hydrogen) atoms. The van der Waals surface area contributed by atoms with Crippen molar-refractivity contribution in [3.63, 3.8) is 0 Å². The molecule has 1 aromatic carbocycles. The van der Waals surface area contributed by atoms with Crippen molar-refractivity contribution < 1.29 is 74.9 Å². The van der Waals surface area contributed by atoms with Crippen LogP contribution in [0.5, 0.6) is 5.75 Å². The second kappa shape index (κ2) is 10.3. The molecule has 0 aliphatic heterocycles. The number of ether oxygens (including phenoxy) is 2. The van der Waals surface area contributed by atoms with Crippen molar-refractivity contribution in [2.45, 2.75) is 51.4 Å². The van der Waals surface area contributed by atoms with Gasteiger partial charge in [-0.05, 0) is 18.1 Å². The first-order chi connectivity index (χ1) is 11.8. The fourth-order valence-electron chi connectivity index (χ4n) is 4.80. The van der Waals surface area contributed by atoms with Gasteiger partial charge >= 0.3 is 0 Å². The van der Waals surface area contributed by atoms with E-state index in [9.17, 15) is 0 Å². The zero-order valence-electron chi connectivity index (χ0n) is 15.9. The van der Waals surface area contributed by atoms with E-state index in [0.717, 1.165) is 24.4 Å². The van der Waals surface area contributed by atoms with Crippen LogP contribution in [0.1, 0.15) is 55.2 Å². The van der Waals surface area contributed by atoms with E-state index >= 15 is 0 Å². The van der Waals surface area contributed by atoms with E-state index in [4.69, 9.17) is 9.47 Å². The number of aryl methyl sites for hydroxylation is 1. The molecule has 0 saturated heterocycles. The first kappa shape index (κ1) is 22.8. The van der Waals surface area contributed by atoms with Crippen LogP contribution in [0.15, 0.2) is 17.9 Å². The zero-order valence-corrected chi connectivity index (χ0v) is 21.6. The Bertz CT molecular complexity index is 694. The van der Waals surface area contributed by atoms with Crippen molar-refractivity contribution in [2.24, 2.45) is 11.8 Å². The average Bonchev–Trinajstić information content (AvgIpc) is 2.66. The van der Waals surface area contributed by atoms with Crippen LogP contribution in [-0.2, 0) is 83.0 Å². The van der Waals surface area contributed by atoms with Gasteiger partial charge < -0.3 is 9.47 Å². The second-order valence-corrected chi connectivity index (χ2v) is 7.22. The van der Waals surface area contributed by atoms with Crippen LogP contribution in [0.3, 0.4) is 0 Å². The minimum absolute atomic E-state index is 0. The molecule has 4 heteroatoms. The van der Waals surface area contributed by atoms with E-state index < -0.39 is 0 Å². The van der Waals surface area contributed by atoms with E-state index in [0.29, 0.717) is 11.8 Å². The summed E-state index contributed by atoms with van der Waals surface area (Å²) in [6.45, 7) is 0. The normalized spacial score (nSPS) is 23.9. The molecule has 2 atom stereocenters. The first-order valence-corrected chi connectivity index (χ1v) is 9.32. The molecule has 2 unspecified atom stereocenters. The van der Waals surface area contributed by atoms with Crippen LogP contribution >= 0.6 is 0 Å². The van der Waals surface area contributed by atoms with Gasteiger partial charge in [-0.25, -0.2) is 6.08 Å². The fraction of sp³-hybridized carbons (Fsp3) is 0.545. The van der Waals surface area contributed by atoms with E-state index in [1.54, 1.807) is 14.2 Å². The molecule has 3 aliphatic carbocycles. The van der Waals surface area contributed by atoms with Gasteiger partial charge in [-0.15, -0.1) is 6.07 Å². The number of hydrogen-bond acceptors (Lipinski definition) is 2. The molecule has 0 amide bonds. The molecule has 0 aromatic heterocycles. The molecule has 2 radical (unpaired) electrons. The number of rotatable bonds is 3. The summed E-state index contributed by atoms with van der Waals surface area (Å²) in [6, 6.07) is 5.55. The van der Waals surface area contributed by atoms with E-state index in [1.165, 1.54) is 60.8 Å². The topological polar surface area (TPSA) is 18.5 Å². The number of allylic oxidation sites excluding steroid dienone is 3. The summed E-state index contributed by atoms with van der Waals surface area (Å²) < 4.78 is 11.5. The van der Waals surface area contributed by atoms with Gasteiger partial charge in [0.15, 0.2) is 0 Å². The second-order valence-electron chi connectivity index (χ2n) is 7.22. The molecule has 1 fully saturated rings. The van der Waals surface area contributed by atoms with Crippen molar-refractivity contribution in [3.05, 3.63) is 46.7 Å². The number of hydrogen-bond donors (Lipinski definition) is 0. The third-order valence-corrected chi connectivity index (χ3v) is 5.96. The van der Waals surface area contributed by atoms with E-state index in [-0.39, 0.29) is 65.4 Å². The van der Waals surface area contributed by atoms with Crippen LogP contribution in [0.25, 0.3) is 5.57 Å². The van der Waals surface area contributed by atoms with Gasteiger partial charge in [-0.1, -0.05) is 56.6 Å². The molecule has 0 bridgehead atoms. The van der Waals surface area contributed by atoms with Gasteiger partial charge in [0.25, 0.3) is 0 Å². The Balaban J connectivity index is 0.00000121. The molecule has 4 rings (SSSR count). The van der Waals surface area contributed by atoms with Gasteiger partial charge in [-0.2, -0.15) is 34.4 Å². The molecule has 2 nitrogen and oxygen atoms in total. The predicted octanol–water partition coefficient (Wildman–Crippen LogP) is 4.91. The van der Waals surface area contributed by atoms with Gasteiger partial charge in [0.2, 0.25) is 0 Å². The maximum absolute atomic E-state index is 5.77. The van der Waals surface area contributed by atoms with E-state index in [1.807, 2.05) is 0 Å². The van der Waals surface area contributed by atoms with E-state index in [2.05, 4.69) is 24.3 Å². The largest absolute Gasteiger partial charge is 0.535 e. The molecule has 3 aliphatic rings. The van der Waals surface area contributed by atoms with Crippen LogP contribution in [0.4, 0.5) is 0 Å². The maximum Gasteiger partial charge on any atom is 0.0743 e. The zero-order chi connectivity index (χ0) is 16.5. The molecule has 0 heterocycles. The summed E-state index contributed by atoms with van der Waals surface area (Å²) >= 11 is 0. The summed E-state index contributed by atoms with van der Waals surface area (Å²) in [5.74, 6) is 2.92. The summed E-state index contributed by atoms with van der Waals surface area (Å²) in [6.07, 6.45) is 15.6. The molecule has 0 N–H and O–H groups in total. The smallest absolute Gasteiger partial charge is 0.0743 e. The SMILES string of the molecule is COC1=C(c2c(OC)[c-]cc3c2CCCC3)C2CCCCC2C=[C-]1.[Y].[Y]. The third-order valence-electron chi connectivity index (χ3n) is 5.96. The van der Waals surface area contributed by atoms with Crippen LogP contribution in [0, 0.1) is 24.0 Å². The summed E-state index contributed by atoms with van der Waals surface area (Å²) in [7, 11) is 3.53. The Morgan fingerprint density at radius 2 is 1.73 bits per heavy atom. The Labute approximate surface area is 208 Å². The average molecular weight is 500 g/mol. The quantitative estimate of drug-likeness (QED) is 0.550. The van der Waals surface area contributed by atoms with Gasteiger partial charge in [0.05, 0.1) is 14.2 Å². The Morgan fingerprint density at radius 1 is 0.962 bits per heavy atom. The van der Waals surface area contributed by atoms with Crippen LogP contribution < -0.4 is 4.74 Å². The molecule has 134 valence electrons.